The van der Waals surface area contributed by atoms with Gasteiger partial charge in [0.1, 0.15) is 11.6 Å². The quantitative estimate of drug-likeness (QED) is 0.868. The van der Waals surface area contributed by atoms with Crippen molar-refractivity contribution in [2.45, 2.75) is 25.8 Å². The fourth-order valence-corrected chi connectivity index (χ4v) is 2.00. The van der Waals surface area contributed by atoms with E-state index in [4.69, 9.17) is 4.74 Å². The highest BCUT2D eigenvalue weighted by molar-refractivity contribution is 5.70. The van der Waals surface area contributed by atoms with E-state index < -0.39 is 0 Å². The first-order valence-electron chi connectivity index (χ1n) is 6.23. The fourth-order valence-electron chi connectivity index (χ4n) is 2.00. The molecule has 0 bridgehead atoms. The van der Waals surface area contributed by atoms with Gasteiger partial charge in [0.05, 0.1) is 12.8 Å². The number of H-pyrrole nitrogens is 1. The zero-order chi connectivity index (χ0) is 12.5. The Labute approximate surface area is 106 Å². The van der Waals surface area contributed by atoms with E-state index in [1.165, 1.54) is 18.4 Å². The molecule has 1 aliphatic rings. The molecule has 3 rings (SSSR count). The third-order valence-electron chi connectivity index (χ3n) is 3.15. The molecule has 2 aromatic rings. The predicted molar refractivity (Wildman–Crippen MR) is 72.0 cm³/mol. The SMILES string of the molecule is COc1ccc(C)cc1-c1cc(NC2CC2)n[nH]1. The molecule has 2 N–H and O–H groups in total. The third kappa shape index (κ3) is 2.18. The molecule has 1 aromatic heterocycles. The summed E-state index contributed by atoms with van der Waals surface area (Å²) < 4.78 is 5.39. The van der Waals surface area contributed by atoms with Crippen LogP contribution >= 0.6 is 0 Å². The van der Waals surface area contributed by atoms with Crippen molar-refractivity contribution in [3.8, 4) is 17.0 Å². The molecule has 0 radical (unpaired) electrons. The number of hydrogen-bond acceptors (Lipinski definition) is 3. The largest absolute Gasteiger partial charge is 0.496 e. The van der Waals surface area contributed by atoms with Crippen molar-refractivity contribution >= 4 is 5.82 Å². The Morgan fingerprint density at radius 3 is 2.89 bits per heavy atom. The van der Waals surface area contributed by atoms with E-state index >= 15 is 0 Å². The second kappa shape index (κ2) is 4.37. The van der Waals surface area contributed by atoms with Crippen LogP contribution in [0.1, 0.15) is 18.4 Å². The lowest BCUT2D eigenvalue weighted by Crippen LogP contribution is -2.00. The van der Waals surface area contributed by atoms with Crippen LogP contribution in [0.4, 0.5) is 5.82 Å². The summed E-state index contributed by atoms with van der Waals surface area (Å²) in [6.07, 6.45) is 2.49. The van der Waals surface area contributed by atoms with Crippen molar-refractivity contribution in [3.63, 3.8) is 0 Å². The summed E-state index contributed by atoms with van der Waals surface area (Å²) in [7, 11) is 1.69. The molecule has 1 saturated carbocycles. The molecule has 1 fully saturated rings. The number of nitrogens with one attached hydrogen (secondary N) is 2. The number of methoxy groups -OCH3 is 1. The molecule has 0 aliphatic heterocycles. The van der Waals surface area contributed by atoms with E-state index in [0.29, 0.717) is 6.04 Å². The summed E-state index contributed by atoms with van der Waals surface area (Å²) in [6.45, 7) is 2.07. The summed E-state index contributed by atoms with van der Waals surface area (Å²) in [5.41, 5.74) is 3.24. The van der Waals surface area contributed by atoms with Crippen LogP contribution in [0, 0.1) is 6.92 Å². The van der Waals surface area contributed by atoms with Crippen molar-refractivity contribution in [1.29, 1.82) is 0 Å². The molecule has 0 atom stereocenters. The Bertz CT molecular complexity index is 558. The zero-order valence-corrected chi connectivity index (χ0v) is 10.7. The molecule has 0 unspecified atom stereocenters. The van der Waals surface area contributed by atoms with Crippen molar-refractivity contribution in [2.75, 3.05) is 12.4 Å². The maximum Gasteiger partial charge on any atom is 0.148 e. The Morgan fingerprint density at radius 2 is 2.17 bits per heavy atom. The van der Waals surface area contributed by atoms with Crippen molar-refractivity contribution < 1.29 is 4.74 Å². The highest BCUT2D eigenvalue weighted by Gasteiger charge is 2.22. The first kappa shape index (κ1) is 11.1. The summed E-state index contributed by atoms with van der Waals surface area (Å²) in [5, 5.41) is 10.7. The van der Waals surface area contributed by atoms with Gasteiger partial charge in [0.15, 0.2) is 0 Å². The van der Waals surface area contributed by atoms with Gasteiger partial charge in [0.2, 0.25) is 0 Å². The molecule has 0 amide bonds. The number of aryl methyl sites for hydroxylation is 1. The molecule has 0 saturated heterocycles. The normalized spacial score (nSPS) is 14.6. The van der Waals surface area contributed by atoms with Crippen LogP contribution in [0.25, 0.3) is 11.3 Å². The van der Waals surface area contributed by atoms with E-state index in [1.54, 1.807) is 7.11 Å². The van der Waals surface area contributed by atoms with Gasteiger partial charge in [-0.25, -0.2) is 0 Å². The highest BCUT2D eigenvalue weighted by atomic mass is 16.5. The molecule has 4 heteroatoms. The first-order valence-corrected chi connectivity index (χ1v) is 6.23. The Balaban J connectivity index is 1.92. The highest BCUT2D eigenvalue weighted by Crippen LogP contribution is 2.31. The van der Waals surface area contributed by atoms with Crippen LogP contribution < -0.4 is 10.1 Å². The number of aromatic amines is 1. The van der Waals surface area contributed by atoms with Crippen molar-refractivity contribution in [2.24, 2.45) is 0 Å². The number of ether oxygens (including phenoxy) is 1. The number of hydrogen-bond donors (Lipinski definition) is 2. The average Bonchev–Trinajstić information content (AvgIpc) is 3.05. The fraction of sp³-hybridized carbons (Fsp3) is 0.357. The van der Waals surface area contributed by atoms with Gasteiger partial charge in [-0.2, -0.15) is 5.10 Å². The van der Waals surface area contributed by atoms with Gasteiger partial charge < -0.3 is 10.1 Å². The van der Waals surface area contributed by atoms with Gasteiger partial charge in [-0.1, -0.05) is 11.6 Å². The Kier molecular flexibility index (Phi) is 2.70. The second-order valence-corrected chi connectivity index (χ2v) is 4.79. The van der Waals surface area contributed by atoms with Gasteiger partial charge in [-0.3, -0.25) is 5.10 Å². The van der Waals surface area contributed by atoms with Crippen LogP contribution in [0.3, 0.4) is 0 Å². The van der Waals surface area contributed by atoms with Crippen LogP contribution in [-0.4, -0.2) is 23.3 Å². The summed E-state index contributed by atoms with van der Waals surface area (Å²) >= 11 is 0. The van der Waals surface area contributed by atoms with Crippen LogP contribution in [0.15, 0.2) is 24.3 Å². The molecular formula is C14H17N3O. The number of benzene rings is 1. The lowest BCUT2D eigenvalue weighted by Gasteiger charge is -2.07. The number of anilines is 1. The lowest BCUT2D eigenvalue weighted by molar-refractivity contribution is 0.416. The minimum absolute atomic E-state index is 0.612. The molecule has 18 heavy (non-hydrogen) atoms. The summed E-state index contributed by atoms with van der Waals surface area (Å²) in [4.78, 5) is 0. The standard InChI is InChI=1S/C14H17N3O/c1-9-3-6-13(18-2)11(7-9)12-8-14(17-16-12)15-10-4-5-10/h3,6-8,10H,4-5H2,1-2H3,(H2,15,16,17). The van der Waals surface area contributed by atoms with Crippen molar-refractivity contribution in [3.05, 3.63) is 29.8 Å². The monoisotopic (exact) mass is 243 g/mol. The van der Waals surface area contributed by atoms with Crippen LogP contribution in [0.5, 0.6) is 5.75 Å². The molecule has 94 valence electrons. The van der Waals surface area contributed by atoms with E-state index in [2.05, 4.69) is 28.5 Å². The summed E-state index contributed by atoms with van der Waals surface area (Å²) in [5.74, 6) is 1.78. The molecular weight excluding hydrogens is 226 g/mol. The molecule has 0 spiro atoms. The van der Waals surface area contributed by atoms with E-state index in [1.807, 2.05) is 18.2 Å². The number of nitrogens with zero attached hydrogens (tertiary/aromatic N) is 1. The topological polar surface area (TPSA) is 49.9 Å². The van der Waals surface area contributed by atoms with E-state index in [9.17, 15) is 0 Å². The molecule has 1 aromatic carbocycles. The van der Waals surface area contributed by atoms with E-state index in [-0.39, 0.29) is 0 Å². The smallest absolute Gasteiger partial charge is 0.148 e. The third-order valence-corrected chi connectivity index (χ3v) is 3.15. The number of aromatic nitrogens is 2. The first-order chi connectivity index (χ1) is 8.76. The van der Waals surface area contributed by atoms with Crippen molar-refractivity contribution in [1.82, 2.24) is 10.2 Å². The maximum atomic E-state index is 5.39. The van der Waals surface area contributed by atoms with Crippen LogP contribution in [0.2, 0.25) is 0 Å². The van der Waals surface area contributed by atoms with Gasteiger partial charge in [-0.05, 0) is 31.9 Å². The van der Waals surface area contributed by atoms with Gasteiger partial charge in [0, 0.05) is 17.7 Å². The predicted octanol–water partition coefficient (Wildman–Crippen LogP) is 2.97. The Hall–Kier alpha value is -1.97. The minimum atomic E-state index is 0.612. The molecule has 1 aliphatic carbocycles. The molecule has 1 heterocycles. The number of rotatable bonds is 4. The summed E-state index contributed by atoms with van der Waals surface area (Å²) in [6, 6.07) is 8.78. The van der Waals surface area contributed by atoms with Gasteiger partial charge in [0.25, 0.3) is 0 Å². The van der Waals surface area contributed by atoms with E-state index in [0.717, 1.165) is 22.8 Å². The maximum absolute atomic E-state index is 5.39. The lowest BCUT2D eigenvalue weighted by atomic mass is 10.1. The second-order valence-electron chi connectivity index (χ2n) is 4.79. The molecule has 4 nitrogen and oxygen atoms in total. The van der Waals surface area contributed by atoms with Gasteiger partial charge in [-0.15, -0.1) is 0 Å². The van der Waals surface area contributed by atoms with Gasteiger partial charge >= 0.3 is 0 Å². The zero-order valence-electron chi connectivity index (χ0n) is 10.7. The van der Waals surface area contributed by atoms with Crippen LogP contribution in [-0.2, 0) is 0 Å². The Morgan fingerprint density at radius 1 is 1.33 bits per heavy atom. The average molecular weight is 243 g/mol. The minimum Gasteiger partial charge on any atom is -0.496 e.